The molecule has 0 fully saturated rings. The van der Waals surface area contributed by atoms with Gasteiger partial charge in [-0.2, -0.15) is 0 Å². The van der Waals surface area contributed by atoms with E-state index in [4.69, 9.17) is 11.6 Å². The smallest absolute Gasteiger partial charge is 0.243 e. The first-order chi connectivity index (χ1) is 12.9. The number of hydrogen-bond acceptors (Lipinski definition) is 5. The van der Waals surface area contributed by atoms with E-state index in [0.717, 1.165) is 20.7 Å². The standard InChI is InChI=1S/C18H24ClN5OS2.HI/c1-13-10-21-16(27-13)11-22-18(23-12-17(25)24(2)3)20-8-9-26-15-6-4-14(19)5-7-15;/h4-7,10H,8-9,11-12H2,1-3H3,(H2,20,22,23);1H. The molecule has 6 nitrogen and oxygen atoms in total. The Morgan fingerprint density at radius 3 is 2.61 bits per heavy atom. The zero-order valence-corrected chi connectivity index (χ0v) is 20.8. The first kappa shape index (κ1) is 25.0. The SMILES string of the molecule is Cc1cnc(CNC(=NCC(=O)N(C)C)NCCSc2ccc(Cl)cc2)s1.I. The molecule has 0 aliphatic heterocycles. The summed E-state index contributed by atoms with van der Waals surface area (Å²) in [4.78, 5) is 24.4. The lowest BCUT2D eigenvalue weighted by atomic mass is 10.4. The molecule has 1 amide bonds. The first-order valence-corrected chi connectivity index (χ1v) is 10.6. The van der Waals surface area contributed by atoms with Crippen molar-refractivity contribution < 1.29 is 4.79 Å². The number of likely N-dealkylation sites (N-methyl/N-ethyl adjacent to an activating group) is 1. The van der Waals surface area contributed by atoms with Crippen LogP contribution >= 0.6 is 58.7 Å². The van der Waals surface area contributed by atoms with Gasteiger partial charge in [-0.15, -0.1) is 47.1 Å². The average Bonchev–Trinajstić information content (AvgIpc) is 3.06. The summed E-state index contributed by atoms with van der Waals surface area (Å²) in [6.07, 6.45) is 1.85. The summed E-state index contributed by atoms with van der Waals surface area (Å²) in [5.41, 5.74) is 0. The highest BCUT2D eigenvalue weighted by molar-refractivity contribution is 14.0. The number of carbonyl (C=O) groups excluding carboxylic acids is 1. The molecule has 0 saturated carbocycles. The Labute approximate surface area is 196 Å². The molecule has 2 N–H and O–H groups in total. The largest absolute Gasteiger partial charge is 0.356 e. The lowest BCUT2D eigenvalue weighted by Crippen LogP contribution is -2.39. The molecule has 1 heterocycles. The van der Waals surface area contributed by atoms with Crippen molar-refractivity contribution in [3.05, 3.63) is 45.4 Å². The topological polar surface area (TPSA) is 69.6 Å². The van der Waals surface area contributed by atoms with E-state index in [1.54, 1.807) is 37.2 Å². The van der Waals surface area contributed by atoms with Crippen molar-refractivity contribution in [2.75, 3.05) is 32.9 Å². The monoisotopic (exact) mass is 553 g/mol. The third kappa shape index (κ3) is 9.44. The minimum Gasteiger partial charge on any atom is -0.356 e. The van der Waals surface area contributed by atoms with Gasteiger partial charge in [-0.1, -0.05) is 11.6 Å². The molecule has 0 atom stereocenters. The number of aliphatic imine (C=N–C) groups is 1. The molecule has 0 spiro atoms. The summed E-state index contributed by atoms with van der Waals surface area (Å²) in [5.74, 6) is 1.42. The highest BCUT2D eigenvalue weighted by Gasteiger charge is 2.06. The third-order valence-corrected chi connectivity index (χ3v) is 5.60. The van der Waals surface area contributed by atoms with Gasteiger partial charge in [0, 0.05) is 47.4 Å². The second-order valence-corrected chi connectivity index (χ2v) is 8.82. The van der Waals surface area contributed by atoms with Crippen LogP contribution < -0.4 is 10.6 Å². The fourth-order valence-electron chi connectivity index (χ4n) is 1.97. The van der Waals surface area contributed by atoms with E-state index in [9.17, 15) is 4.79 Å². The summed E-state index contributed by atoms with van der Waals surface area (Å²) in [5, 5.41) is 8.23. The van der Waals surface area contributed by atoms with Gasteiger partial charge >= 0.3 is 0 Å². The predicted molar refractivity (Wildman–Crippen MR) is 130 cm³/mol. The number of thiazole rings is 1. The van der Waals surface area contributed by atoms with Crippen LogP contribution in [-0.4, -0.2) is 54.7 Å². The molecular formula is C18H25ClIN5OS2. The van der Waals surface area contributed by atoms with Crippen molar-refractivity contribution in [2.45, 2.75) is 18.4 Å². The second kappa shape index (κ2) is 13.2. The van der Waals surface area contributed by atoms with Crippen LogP contribution in [0, 0.1) is 6.92 Å². The van der Waals surface area contributed by atoms with Gasteiger partial charge in [0.15, 0.2) is 5.96 Å². The molecular weight excluding hydrogens is 529 g/mol. The Morgan fingerprint density at radius 2 is 2.00 bits per heavy atom. The summed E-state index contributed by atoms with van der Waals surface area (Å²) < 4.78 is 0. The summed E-state index contributed by atoms with van der Waals surface area (Å²) in [6.45, 7) is 3.42. The Morgan fingerprint density at radius 1 is 1.29 bits per heavy atom. The number of guanidine groups is 1. The molecule has 2 rings (SSSR count). The minimum absolute atomic E-state index is 0. The van der Waals surface area contributed by atoms with E-state index >= 15 is 0 Å². The van der Waals surface area contributed by atoms with E-state index in [1.165, 1.54) is 9.78 Å². The van der Waals surface area contributed by atoms with E-state index < -0.39 is 0 Å². The van der Waals surface area contributed by atoms with Gasteiger partial charge in [0.1, 0.15) is 11.6 Å². The lowest BCUT2D eigenvalue weighted by Gasteiger charge is -2.13. The number of aryl methyl sites for hydroxylation is 1. The van der Waals surface area contributed by atoms with Crippen LogP contribution in [0.25, 0.3) is 0 Å². The van der Waals surface area contributed by atoms with Crippen molar-refractivity contribution in [3.63, 3.8) is 0 Å². The fraction of sp³-hybridized carbons (Fsp3) is 0.389. The van der Waals surface area contributed by atoms with Crippen molar-refractivity contribution in [2.24, 2.45) is 4.99 Å². The van der Waals surface area contributed by atoms with Crippen LogP contribution in [0.3, 0.4) is 0 Å². The molecule has 0 radical (unpaired) electrons. The molecule has 0 bridgehead atoms. The van der Waals surface area contributed by atoms with Gasteiger partial charge in [0.2, 0.25) is 5.91 Å². The van der Waals surface area contributed by atoms with E-state index in [-0.39, 0.29) is 36.4 Å². The van der Waals surface area contributed by atoms with Crippen LogP contribution in [0.5, 0.6) is 0 Å². The molecule has 28 heavy (non-hydrogen) atoms. The van der Waals surface area contributed by atoms with Gasteiger partial charge < -0.3 is 15.5 Å². The summed E-state index contributed by atoms with van der Waals surface area (Å²) in [6, 6.07) is 7.77. The second-order valence-electron chi connectivity index (χ2n) is 5.90. The summed E-state index contributed by atoms with van der Waals surface area (Å²) >= 11 is 9.27. The number of hydrogen-bond donors (Lipinski definition) is 2. The maximum absolute atomic E-state index is 11.8. The highest BCUT2D eigenvalue weighted by atomic mass is 127. The minimum atomic E-state index is -0.0447. The summed E-state index contributed by atoms with van der Waals surface area (Å²) in [7, 11) is 3.44. The molecule has 2 aromatic rings. The number of aromatic nitrogens is 1. The van der Waals surface area contributed by atoms with Crippen LogP contribution in [0.2, 0.25) is 5.02 Å². The van der Waals surface area contributed by atoms with Crippen LogP contribution in [-0.2, 0) is 11.3 Å². The molecule has 0 aliphatic rings. The van der Waals surface area contributed by atoms with Gasteiger partial charge in [0.05, 0.1) is 6.54 Å². The van der Waals surface area contributed by atoms with Crippen LogP contribution in [0.1, 0.15) is 9.88 Å². The van der Waals surface area contributed by atoms with Crippen molar-refractivity contribution in [3.8, 4) is 0 Å². The quantitative estimate of drug-likeness (QED) is 0.172. The lowest BCUT2D eigenvalue weighted by molar-refractivity contribution is -0.127. The molecule has 0 unspecified atom stereocenters. The molecule has 10 heteroatoms. The van der Waals surface area contributed by atoms with Crippen molar-refractivity contribution >= 4 is 70.5 Å². The number of amides is 1. The Balaban J connectivity index is 0.00000392. The number of nitrogens with one attached hydrogen (secondary N) is 2. The molecule has 1 aromatic carbocycles. The van der Waals surface area contributed by atoms with E-state index in [0.29, 0.717) is 19.0 Å². The third-order valence-electron chi connectivity index (χ3n) is 3.42. The van der Waals surface area contributed by atoms with Gasteiger partial charge in [0.25, 0.3) is 0 Å². The molecule has 0 aliphatic carbocycles. The maximum Gasteiger partial charge on any atom is 0.243 e. The first-order valence-electron chi connectivity index (χ1n) is 8.46. The van der Waals surface area contributed by atoms with Crippen LogP contribution in [0.15, 0.2) is 40.4 Å². The number of nitrogens with zero attached hydrogens (tertiary/aromatic N) is 3. The van der Waals surface area contributed by atoms with Crippen LogP contribution in [0.4, 0.5) is 0 Å². The molecule has 0 saturated heterocycles. The van der Waals surface area contributed by atoms with Crippen molar-refractivity contribution in [1.29, 1.82) is 0 Å². The Kier molecular flexibility index (Phi) is 11.8. The maximum atomic E-state index is 11.8. The zero-order chi connectivity index (χ0) is 19.6. The van der Waals surface area contributed by atoms with Gasteiger partial charge in [-0.05, 0) is 31.2 Å². The Bertz CT molecular complexity index is 768. The normalized spacial score (nSPS) is 10.9. The fourth-order valence-corrected chi connectivity index (χ4v) is 3.60. The zero-order valence-electron chi connectivity index (χ0n) is 16.1. The van der Waals surface area contributed by atoms with E-state index in [2.05, 4.69) is 20.6 Å². The van der Waals surface area contributed by atoms with Gasteiger partial charge in [-0.3, -0.25) is 4.79 Å². The molecule has 154 valence electrons. The average molecular weight is 554 g/mol. The number of thioether (sulfide) groups is 1. The highest BCUT2D eigenvalue weighted by Crippen LogP contribution is 2.19. The number of benzene rings is 1. The van der Waals surface area contributed by atoms with Crippen molar-refractivity contribution in [1.82, 2.24) is 20.5 Å². The molecule has 1 aromatic heterocycles. The Hall–Kier alpha value is -1.04. The number of rotatable bonds is 8. The number of carbonyl (C=O) groups is 1. The number of halogens is 2. The van der Waals surface area contributed by atoms with Gasteiger partial charge in [-0.25, -0.2) is 9.98 Å². The predicted octanol–water partition coefficient (Wildman–Crippen LogP) is 3.64. The van der Waals surface area contributed by atoms with E-state index in [1.807, 2.05) is 37.4 Å².